The van der Waals surface area contributed by atoms with Crippen LogP contribution in [0.3, 0.4) is 0 Å². The Morgan fingerprint density at radius 3 is 1.33 bits per heavy atom. The predicted octanol–water partition coefficient (Wildman–Crippen LogP) is 1.75. The van der Waals surface area contributed by atoms with Gasteiger partial charge in [-0.15, -0.1) is 8.83 Å². The molecule has 12 nitrogen and oxygen atoms in total. The Morgan fingerprint density at radius 1 is 0.595 bits per heavy atom. The summed E-state index contributed by atoms with van der Waals surface area (Å²) in [6.45, 7) is 0. The molecule has 2 saturated heterocycles. The standard InChI is InChI=1S/C26H26N4O8S4/c31-39(32)15-11-21(17-39)29(41(35,36)23-9-1-5-19-7-3-13-27-25(19)23)30(22-12-16-40(33,34)18-22)42(37,38)24-10-2-6-20-8-4-14-28-26(20)24/h1-10,13-14,21-22H,11-12,15-18H2/t21-,22-/m1/s1. The minimum absolute atomic E-state index is 0.0640. The van der Waals surface area contributed by atoms with Gasteiger partial charge in [-0.2, -0.15) is 0 Å². The lowest BCUT2D eigenvalue weighted by Gasteiger charge is -2.39. The highest BCUT2D eigenvalue weighted by Crippen LogP contribution is 2.37. The van der Waals surface area contributed by atoms with Gasteiger partial charge < -0.3 is 0 Å². The lowest BCUT2D eigenvalue weighted by Crippen LogP contribution is -2.58. The van der Waals surface area contributed by atoms with Gasteiger partial charge in [0.05, 0.1) is 46.1 Å². The van der Waals surface area contributed by atoms with E-state index in [9.17, 15) is 33.7 Å². The highest BCUT2D eigenvalue weighted by Gasteiger charge is 2.52. The van der Waals surface area contributed by atoms with Crippen molar-refractivity contribution < 1.29 is 33.7 Å². The van der Waals surface area contributed by atoms with Crippen molar-refractivity contribution >= 4 is 61.5 Å². The zero-order chi connectivity index (χ0) is 29.9. The first-order valence-electron chi connectivity index (χ1n) is 13.0. The summed E-state index contributed by atoms with van der Waals surface area (Å²) < 4.78 is 110. The van der Waals surface area contributed by atoms with Gasteiger partial charge in [-0.3, -0.25) is 9.97 Å². The van der Waals surface area contributed by atoms with Crippen molar-refractivity contribution in [2.24, 2.45) is 0 Å². The maximum Gasteiger partial charge on any atom is 0.259 e. The molecule has 2 aliphatic rings. The van der Waals surface area contributed by atoms with Gasteiger partial charge in [-0.1, -0.05) is 36.4 Å². The molecule has 2 aromatic carbocycles. The van der Waals surface area contributed by atoms with Crippen LogP contribution in [-0.4, -0.2) is 87.6 Å². The van der Waals surface area contributed by atoms with Gasteiger partial charge in [-0.25, -0.2) is 33.7 Å². The third-order valence-electron chi connectivity index (χ3n) is 7.48. The molecule has 0 aliphatic carbocycles. The molecule has 0 spiro atoms. The Kier molecular flexibility index (Phi) is 7.14. The van der Waals surface area contributed by atoms with Crippen molar-refractivity contribution in [1.82, 2.24) is 18.8 Å². The fourth-order valence-electron chi connectivity index (χ4n) is 5.60. The van der Waals surface area contributed by atoms with Crippen molar-refractivity contribution in [3.8, 4) is 0 Å². The number of hydrogen-bond donors (Lipinski definition) is 0. The molecule has 0 amide bonds. The number of sulfone groups is 2. The van der Waals surface area contributed by atoms with Crippen LogP contribution in [0.2, 0.25) is 0 Å². The highest BCUT2D eigenvalue weighted by atomic mass is 32.2. The van der Waals surface area contributed by atoms with E-state index in [1.807, 2.05) is 0 Å². The maximum absolute atomic E-state index is 14.7. The third kappa shape index (κ3) is 5.09. The fraction of sp³-hybridized carbons (Fsp3) is 0.308. The summed E-state index contributed by atoms with van der Waals surface area (Å²) in [5, 5.41) is 0.933. The van der Waals surface area contributed by atoms with Crippen molar-refractivity contribution in [2.75, 3.05) is 23.0 Å². The number of hydrogen-bond acceptors (Lipinski definition) is 10. The molecule has 0 saturated carbocycles. The monoisotopic (exact) mass is 650 g/mol. The van der Waals surface area contributed by atoms with E-state index in [1.165, 1.54) is 36.7 Å². The lowest BCUT2D eigenvalue weighted by atomic mass is 10.2. The second-order valence-corrected chi connectivity index (χ2v) is 18.3. The summed E-state index contributed by atoms with van der Waals surface area (Å²) >= 11 is 0. The summed E-state index contributed by atoms with van der Waals surface area (Å²) in [6.07, 6.45) is 2.43. The van der Waals surface area contributed by atoms with E-state index in [0.29, 0.717) is 19.6 Å². The highest BCUT2D eigenvalue weighted by molar-refractivity contribution is 7.93. The largest absolute Gasteiger partial charge is 0.259 e. The molecule has 4 heterocycles. The molecule has 2 fully saturated rings. The number of rotatable bonds is 7. The normalized spacial score (nSPS) is 22.3. The van der Waals surface area contributed by atoms with Crippen LogP contribution in [0.1, 0.15) is 12.8 Å². The van der Waals surface area contributed by atoms with Crippen LogP contribution in [0, 0.1) is 0 Å². The van der Waals surface area contributed by atoms with E-state index >= 15 is 0 Å². The van der Waals surface area contributed by atoms with Crippen molar-refractivity contribution in [1.29, 1.82) is 0 Å². The molecule has 0 N–H and O–H groups in total. The lowest BCUT2D eigenvalue weighted by molar-refractivity contribution is 0.0890. The molecule has 0 radical (unpaired) electrons. The van der Waals surface area contributed by atoms with Crippen molar-refractivity contribution in [3.05, 3.63) is 73.1 Å². The van der Waals surface area contributed by atoms with Gasteiger partial charge in [0, 0.05) is 23.2 Å². The Hall–Kier alpha value is -3.02. The van der Waals surface area contributed by atoms with E-state index < -0.39 is 63.3 Å². The molecular weight excluding hydrogens is 625 g/mol. The van der Waals surface area contributed by atoms with Gasteiger partial charge in [0.1, 0.15) is 9.79 Å². The molecule has 2 aromatic heterocycles. The molecule has 2 atom stereocenters. The first kappa shape index (κ1) is 29.1. The second kappa shape index (κ2) is 10.3. The SMILES string of the molecule is O=S1(=O)CC[C@@H](N(N([C@@H]2CCS(=O)(=O)C2)S(=O)(=O)c2cccc3cccnc23)S(=O)(=O)c2cccc3cccnc23)C1. The Bertz CT molecular complexity index is 1990. The van der Waals surface area contributed by atoms with Crippen molar-refractivity contribution in [3.63, 3.8) is 0 Å². The number of para-hydroxylation sites is 2. The smallest absolute Gasteiger partial charge is 0.255 e. The summed E-state index contributed by atoms with van der Waals surface area (Å²) in [5.74, 6) is -1.98. The van der Waals surface area contributed by atoms with E-state index in [0.717, 1.165) is 0 Å². The number of pyridine rings is 2. The zero-order valence-electron chi connectivity index (χ0n) is 22.0. The van der Waals surface area contributed by atoms with Crippen LogP contribution in [0.4, 0.5) is 0 Å². The van der Waals surface area contributed by atoms with Crippen LogP contribution in [0.25, 0.3) is 21.8 Å². The first-order valence-corrected chi connectivity index (χ1v) is 19.5. The molecular formula is C26H26N4O8S4. The van der Waals surface area contributed by atoms with Crippen LogP contribution in [0.15, 0.2) is 82.8 Å². The fourth-order valence-corrected chi connectivity index (χ4v) is 13.3. The molecule has 2 aliphatic heterocycles. The molecule has 222 valence electrons. The Labute approximate surface area is 243 Å². The number of benzene rings is 2. The van der Waals surface area contributed by atoms with Crippen LogP contribution < -0.4 is 0 Å². The quantitative estimate of drug-likeness (QED) is 0.269. The topological polar surface area (TPSA) is 169 Å². The first-order chi connectivity index (χ1) is 19.8. The second-order valence-electron chi connectivity index (χ2n) is 10.3. The number of nitrogens with zero attached hydrogens (tertiary/aromatic N) is 4. The van der Waals surface area contributed by atoms with Crippen LogP contribution >= 0.6 is 0 Å². The minimum Gasteiger partial charge on any atom is -0.255 e. The Balaban J connectivity index is 1.64. The molecule has 4 aromatic rings. The van der Waals surface area contributed by atoms with Gasteiger partial charge >= 0.3 is 0 Å². The molecule has 42 heavy (non-hydrogen) atoms. The van der Waals surface area contributed by atoms with Gasteiger partial charge in [0.2, 0.25) is 0 Å². The van der Waals surface area contributed by atoms with Crippen LogP contribution in [-0.2, 0) is 39.7 Å². The number of hydrazine groups is 1. The predicted molar refractivity (Wildman–Crippen MR) is 156 cm³/mol. The minimum atomic E-state index is -4.84. The van der Waals surface area contributed by atoms with Gasteiger partial charge in [0.15, 0.2) is 19.7 Å². The average Bonchev–Trinajstić information content (AvgIpc) is 3.50. The van der Waals surface area contributed by atoms with Crippen molar-refractivity contribution in [2.45, 2.75) is 34.7 Å². The third-order valence-corrected chi connectivity index (χ3v) is 14.8. The van der Waals surface area contributed by atoms with Crippen LogP contribution in [0.5, 0.6) is 0 Å². The number of aromatic nitrogens is 2. The summed E-state index contributed by atoms with van der Waals surface area (Å²) in [4.78, 5) is 7.79. The van der Waals surface area contributed by atoms with E-state index in [4.69, 9.17) is 0 Å². The van der Waals surface area contributed by atoms with E-state index in [-0.39, 0.29) is 45.2 Å². The van der Waals surface area contributed by atoms with E-state index in [2.05, 4.69) is 9.97 Å². The summed E-state index contributed by atoms with van der Waals surface area (Å²) in [6, 6.07) is 12.7. The number of sulfonamides is 2. The van der Waals surface area contributed by atoms with Gasteiger partial charge in [-0.05, 0) is 37.1 Å². The average molecular weight is 651 g/mol. The Morgan fingerprint density at radius 2 is 0.976 bits per heavy atom. The summed E-state index contributed by atoms with van der Waals surface area (Å²) in [5.41, 5.74) is 0.128. The van der Waals surface area contributed by atoms with E-state index in [1.54, 1.807) is 36.4 Å². The maximum atomic E-state index is 14.7. The molecule has 6 rings (SSSR count). The molecule has 0 bridgehead atoms. The summed E-state index contributed by atoms with van der Waals surface area (Å²) in [7, 11) is -17.1. The molecule has 0 unspecified atom stereocenters. The zero-order valence-corrected chi connectivity index (χ0v) is 25.3. The number of fused-ring (bicyclic) bond motifs is 2. The van der Waals surface area contributed by atoms with Gasteiger partial charge in [0.25, 0.3) is 20.0 Å². The molecule has 16 heteroatoms.